The summed E-state index contributed by atoms with van der Waals surface area (Å²) in [6, 6.07) is 4.02. The fourth-order valence-electron chi connectivity index (χ4n) is 2.48. The van der Waals surface area contributed by atoms with Crippen molar-refractivity contribution in [2.45, 2.75) is 38.7 Å². The first kappa shape index (κ1) is 23.0. The molecular weight excluding hydrogens is 473 g/mol. The first-order chi connectivity index (χ1) is 11.8. The van der Waals surface area contributed by atoms with E-state index < -0.39 is 0 Å². The summed E-state index contributed by atoms with van der Waals surface area (Å²) in [5.41, 5.74) is 0. The van der Waals surface area contributed by atoms with Gasteiger partial charge < -0.3 is 20.1 Å². The number of ether oxygens (including phenoxy) is 2. The topological polar surface area (TPSA) is 54.9 Å². The number of aliphatic imine (C=N–C) groups is 1. The summed E-state index contributed by atoms with van der Waals surface area (Å²) in [5.74, 6) is 0.860. The second-order valence-corrected chi connectivity index (χ2v) is 7.51. The van der Waals surface area contributed by atoms with E-state index in [1.807, 2.05) is 6.07 Å². The Bertz CT molecular complexity index is 496. The molecule has 0 bridgehead atoms. The van der Waals surface area contributed by atoms with Crippen LogP contribution in [0.25, 0.3) is 0 Å². The van der Waals surface area contributed by atoms with Gasteiger partial charge in [-0.25, -0.2) is 0 Å². The molecule has 2 rings (SSSR count). The smallest absolute Gasteiger partial charge is 0.191 e. The number of guanidine groups is 1. The van der Waals surface area contributed by atoms with E-state index in [0.717, 1.165) is 68.8 Å². The van der Waals surface area contributed by atoms with Crippen LogP contribution in [0.15, 0.2) is 17.1 Å². The Labute approximate surface area is 176 Å². The van der Waals surface area contributed by atoms with Crippen LogP contribution in [0.2, 0.25) is 4.34 Å². The minimum absolute atomic E-state index is 0. The van der Waals surface area contributed by atoms with Crippen LogP contribution in [0, 0.1) is 0 Å². The van der Waals surface area contributed by atoms with Gasteiger partial charge in [-0.05, 0) is 44.7 Å². The van der Waals surface area contributed by atoms with Crippen molar-refractivity contribution in [1.82, 2.24) is 10.6 Å². The molecule has 0 aliphatic carbocycles. The molecule has 5 nitrogen and oxygen atoms in total. The molecule has 2 N–H and O–H groups in total. The number of nitrogens with zero attached hydrogens (tertiary/aromatic N) is 1. The molecular formula is C17H29ClIN3O2S. The van der Waals surface area contributed by atoms with Gasteiger partial charge in [0.2, 0.25) is 0 Å². The van der Waals surface area contributed by atoms with Gasteiger partial charge >= 0.3 is 0 Å². The Hall–Kier alpha value is -0.0900. The number of rotatable bonds is 10. The van der Waals surface area contributed by atoms with E-state index >= 15 is 0 Å². The summed E-state index contributed by atoms with van der Waals surface area (Å²) in [7, 11) is 0. The number of thiophene rings is 1. The zero-order valence-corrected chi connectivity index (χ0v) is 18.7. The summed E-state index contributed by atoms with van der Waals surface area (Å²) in [6.45, 7) is 6.85. The van der Waals surface area contributed by atoms with E-state index in [4.69, 9.17) is 21.1 Å². The molecule has 1 aliphatic rings. The molecule has 1 saturated heterocycles. The van der Waals surface area contributed by atoms with Crippen LogP contribution in [0.3, 0.4) is 0 Å². The molecule has 8 heteroatoms. The van der Waals surface area contributed by atoms with Gasteiger partial charge in [-0.3, -0.25) is 4.99 Å². The summed E-state index contributed by atoms with van der Waals surface area (Å²) in [4.78, 5) is 5.86. The molecule has 0 spiro atoms. The Morgan fingerprint density at radius 2 is 2.32 bits per heavy atom. The quantitative estimate of drug-likeness (QED) is 0.222. The average Bonchev–Trinajstić information content (AvgIpc) is 3.22. The summed E-state index contributed by atoms with van der Waals surface area (Å²) < 4.78 is 12.0. The Kier molecular flexibility index (Phi) is 12.9. The number of hydrogen-bond donors (Lipinski definition) is 2. The lowest BCUT2D eigenvalue weighted by molar-refractivity contribution is 0.0171. The van der Waals surface area contributed by atoms with Crippen molar-refractivity contribution in [3.63, 3.8) is 0 Å². The molecule has 1 aromatic heterocycles. The van der Waals surface area contributed by atoms with Gasteiger partial charge in [-0.15, -0.1) is 35.3 Å². The standard InChI is InChI=1S/C17H28ClN3O2S.HI/c1-2-19-17(21-10-8-15-6-7-16(18)24-15)20-9-4-11-22-13-14-5-3-12-23-14;/h6-7,14H,2-5,8-13H2,1H3,(H2,19,20,21);1H. The van der Waals surface area contributed by atoms with E-state index in [1.54, 1.807) is 11.3 Å². The molecule has 0 amide bonds. The lowest BCUT2D eigenvalue weighted by atomic mass is 10.2. The molecule has 1 aromatic rings. The van der Waals surface area contributed by atoms with E-state index in [0.29, 0.717) is 12.7 Å². The minimum atomic E-state index is 0. The van der Waals surface area contributed by atoms with Crippen molar-refractivity contribution in [2.75, 3.05) is 39.5 Å². The van der Waals surface area contributed by atoms with Crippen molar-refractivity contribution in [3.8, 4) is 0 Å². The molecule has 0 aromatic carbocycles. The summed E-state index contributed by atoms with van der Waals surface area (Å²) in [6.07, 6.45) is 4.46. The maximum Gasteiger partial charge on any atom is 0.191 e. The minimum Gasteiger partial charge on any atom is -0.379 e. The van der Waals surface area contributed by atoms with Gasteiger partial charge in [0.25, 0.3) is 0 Å². The van der Waals surface area contributed by atoms with Crippen molar-refractivity contribution >= 4 is 52.9 Å². The predicted octanol–water partition coefficient (Wildman–Crippen LogP) is 3.70. The van der Waals surface area contributed by atoms with E-state index in [2.05, 4.69) is 28.6 Å². The molecule has 1 atom stereocenters. The van der Waals surface area contributed by atoms with Crippen LogP contribution in [-0.2, 0) is 15.9 Å². The van der Waals surface area contributed by atoms with E-state index in [-0.39, 0.29) is 24.0 Å². The van der Waals surface area contributed by atoms with Gasteiger partial charge in [-0.1, -0.05) is 11.6 Å². The Balaban J connectivity index is 0.00000312. The number of hydrogen-bond acceptors (Lipinski definition) is 4. The Morgan fingerprint density at radius 3 is 3.00 bits per heavy atom. The highest BCUT2D eigenvalue weighted by molar-refractivity contribution is 14.0. The number of nitrogens with one attached hydrogen (secondary N) is 2. The SMILES string of the molecule is CCNC(=NCCCOCC1CCCO1)NCCc1ccc(Cl)s1.I. The molecule has 0 radical (unpaired) electrons. The second-order valence-electron chi connectivity index (χ2n) is 5.71. The van der Waals surface area contributed by atoms with Crippen molar-refractivity contribution < 1.29 is 9.47 Å². The first-order valence-corrected chi connectivity index (χ1v) is 9.93. The van der Waals surface area contributed by atoms with Gasteiger partial charge in [-0.2, -0.15) is 0 Å². The summed E-state index contributed by atoms with van der Waals surface area (Å²) in [5, 5.41) is 6.62. The largest absolute Gasteiger partial charge is 0.379 e. The third-order valence-electron chi connectivity index (χ3n) is 3.68. The highest BCUT2D eigenvalue weighted by Crippen LogP contribution is 2.21. The van der Waals surface area contributed by atoms with Crippen molar-refractivity contribution in [2.24, 2.45) is 4.99 Å². The fraction of sp³-hybridized carbons (Fsp3) is 0.706. The van der Waals surface area contributed by atoms with Crippen molar-refractivity contribution in [3.05, 3.63) is 21.3 Å². The predicted molar refractivity (Wildman–Crippen MR) is 117 cm³/mol. The summed E-state index contributed by atoms with van der Waals surface area (Å²) >= 11 is 7.57. The second kappa shape index (κ2) is 14.0. The maximum absolute atomic E-state index is 5.95. The highest BCUT2D eigenvalue weighted by atomic mass is 127. The van der Waals surface area contributed by atoms with Crippen LogP contribution in [0.1, 0.15) is 31.1 Å². The van der Waals surface area contributed by atoms with E-state index in [9.17, 15) is 0 Å². The zero-order chi connectivity index (χ0) is 17.0. The Morgan fingerprint density at radius 1 is 1.44 bits per heavy atom. The van der Waals surface area contributed by atoms with Crippen LogP contribution in [0.5, 0.6) is 0 Å². The molecule has 0 saturated carbocycles. The van der Waals surface area contributed by atoms with Crippen LogP contribution >= 0.6 is 46.9 Å². The lowest BCUT2D eigenvalue weighted by Gasteiger charge is -2.11. The van der Waals surface area contributed by atoms with Gasteiger partial charge in [0.1, 0.15) is 0 Å². The average molecular weight is 502 g/mol. The monoisotopic (exact) mass is 501 g/mol. The normalized spacial score (nSPS) is 17.4. The lowest BCUT2D eigenvalue weighted by Crippen LogP contribution is -2.38. The van der Waals surface area contributed by atoms with Gasteiger partial charge in [0.05, 0.1) is 17.0 Å². The van der Waals surface area contributed by atoms with Gasteiger partial charge in [0.15, 0.2) is 5.96 Å². The molecule has 1 aliphatic heterocycles. The fourth-order valence-corrected chi connectivity index (χ4v) is 3.57. The van der Waals surface area contributed by atoms with E-state index in [1.165, 1.54) is 4.88 Å². The van der Waals surface area contributed by atoms with Crippen LogP contribution in [0.4, 0.5) is 0 Å². The molecule has 2 heterocycles. The first-order valence-electron chi connectivity index (χ1n) is 8.73. The van der Waals surface area contributed by atoms with Crippen LogP contribution < -0.4 is 10.6 Å². The zero-order valence-electron chi connectivity index (χ0n) is 14.8. The molecule has 1 fully saturated rings. The third kappa shape index (κ3) is 9.98. The molecule has 144 valence electrons. The van der Waals surface area contributed by atoms with Crippen molar-refractivity contribution in [1.29, 1.82) is 0 Å². The van der Waals surface area contributed by atoms with Crippen LogP contribution in [-0.4, -0.2) is 51.5 Å². The van der Waals surface area contributed by atoms with Gasteiger partial charge in [0, 0.05) is 37.7 Å². The third-order valence-corrected chi connectivity index (χ3v) is 4.97. The molecule has 25 heavy (non-hydrogen) atoms. The maximum atomic E-state index is 5.95. The highest BCUT2D eigenvalue weighted by Gasteiger charge is 2.14. The molecule has 1 unspecified atom stereocenters. The number of halogens is 2.